The minimum atomic E-state index is -3.81. The van der Waals surface area contributed by atoms with Crippen LogP contribution in [-0.4, -0.2) is 35.0 Å². The second kappa shape index (κ2) is 8.36. The van der Waals surface area contributed by atoms with Crippen LogP contribution >= 0.6 is 0 Å². The number of hydrogen-bond acceptors (Lipinski definition) is 7. The zero-order valence-electron chi connectivity index (χ0n) is 18.1. The maximum absolute atomic E-state index is 12.8. The number of rotatable bonds is 6. The molecule has 10 heteroatoms. The van der Waals surface area contributed by atoms with Crippen molar-refractivity contribution in [3.05, 3.63) is 55.2 Å². The summed E-state index contributed by atoms with van der Waals surface area (Å²) in [6.07, 6.45) is 11.0. The number of ether oxygens (including phenoxy) is 1. The summed E-state index contributed by atoms with van der Waals surface area (Å²) in [4.78, 5) is 12.7. The number of pyridine rings is 1. The van der Waals surface area contributed by atoms with E-state index >= 15 is 0 Å². The van der Waals surface area contributed by atoms with Crippen molar-refractivity contribution in [2.45, 2.75) is 36.6 Å². The molecule has 170 valence electrons. The average Bonchev–Trinajstić information content (AvgIpc) is 3.48. The lowest BCUT2D eigenvalue weighted by Crippen LogP contribution is -2.13. The predicted molar refractivity (Wildman–Crippen MR) is 126 cm³/mol. The van der Waals surface area contributed by atoms with E-state index in [1.165, 1.54) is 44.7 Å². The fourth-order valence-electron chi connectivity index (χ4n) is 4.44. The predicted octanol–water partition coefficient (Wildman–Crippen LogP) is 4.00. The van der Waals surface area contributed by atoms with Crippen molar-refractivity contribution in [1.82, 2.24) is 19.5 Å². The Kier molecular flexibility index (Phi) is 5.37. The second-order valence-electron chi connectivity index (χ2n) is 8.06. The monoisotopic (exact) mass is 464 g/mol. The SMILES string of the molecule is COc1cc(-c2cn(C3CCCC3)c3ncnc(N)c23)ccc1NS(=O)(=O)c1cccnc1. The minimum Gasteiger partial charge on any atom is -0.495 e. The van der Waals surface area contributed by atoms with E-state index in [9.17, 15) is 8.42 Å². The molecule has 0 saturated heterocycles. The van der Waals surface area contributed by atoms with Crippen molar-refractivity contribution in [3.63, 3.8) is 0 Å². The van der Waals surface area contributed by atoms with E-state index in [4.69, 9.17) is 10.5 Å². The van der Waals surface area contributed by atoms with Gasteiger partial charge in [-0.1, -0.05) is 18.9 Å². The summed E-state index contributed by atoms with van der Waals surface area (Å²) in [5, 5.41) is 0.787. The first kappa shape index (κ1) is 21.2. The number of aromatic nitrogens is 4. The third kappa shape index (κ3) is 3.86. The number of benzene rings is 1. The number of nitrogens with zero attached hydrogens (tertiary/aromatic N) is 4. The van der Waals surface area contributed by atoms with Crippen LogP contribution in [-0.2, 0) is 10.0 Å². The van der Waals surface area contributed by atoms with Gasteiger partial charge in [0.25, 0.3) is 10.0 Å². The zero-order valence-corrected chi connectivity index (χ0v) is 18.9. The molecule has 0 aliphatic heterocycles. The molecule has 1 aromatic carbocycles. The van der Waals surface area contributed by atoms with E-state index in [1.807, 2.05) is 6.07 Å². The summed E-state index contributed by atoms with van der Waals surface area (Å²) in [6.45, 7) is 0. The number of sulfonamides is 1. The molecule has 9 nitrogen and oxygen atoms in total. The molecule has 5 rings (SSSR count). The van der Waals surface area contributed by atoms with Crippen molar-refractivity contribution in [2.75, 3.05) is 17.6 Å². The smallest absolute Gasteiger partial charge is 0.263 e. The van der Waals surface area contributed by atoms with Gasteiger partial charge in [0.15, 0.2) is 0 Å². The average molecular weight is 465 g/mol. The summed E-state index contributed by atoms with van der Waals surface area (Å²) in [5.41, 5.74) is 9.12. The van der Waals surface area contributed by atoms with Gasteiger partial charge in [-0.25, -0.2) is 18.4 Å². The van der Waals surface area contributed by atoms with Crippen molar-refractivity contribution in [3.8, 4) is 16.9 Å². The van der Waals surface area contributed by atoms with Gasteiger partial charge in [0.05, 0.1) is 18.2 Å². The number of nitrogen functional groups attached to an aromatic ring is 1. The molecule has 1 fully saturated rings. The van der Waals surface area contributed by atoms with Gasteiger partial charge in [0, 0.05) is 30.2 Å². The van der Waals surface area contributed by atoms with Crippen LogP contribution in [0.15, 0.2) is 60.1 Å². The van der Waals surface area contributed by atoms with Gasteiger partial charge in [-0.15, -0.1) is 0 Å². The Bertz CT molecular complexity index is 1410. The van der Waals surface area contributed by atoms with E-state index in [-0.39, 0.29) is 4.90 Å². The summed E-state index contributed by atoms with van der Waals surface area (Å²) >= 11 is 0. The van der Waals surface area contributed by atoms with Gasteiger partial charge in [0.2, 0.25) is 0 Å². The number of nitrogens with two attached hydrogens (primary N) is 1. The highest BCUT2D eigenvalue weighted by Gasteiger charge is 2.24. The van der Waals surface area contributed by atoms with Gasteiger partial charge >= 0.3 is 0 Å². The maximum atomic E-state index is 12.8. The molecule has 0 atom stereocenters. The summed E-state index contributed by atoms with van der Waals surface area (Å²) in [6, 6.07) is 8.74. The third-order valence-electron chi connectivity index (χ3n) is 6.06. The number of methoxy groups -OCH3 is 1. The molecule has 0 bridgehead atoms. The van der Waals surface area contributed by atoms with E-state index in [0.29, 0.717) is 23.3 Å². The molecule has 0 spiro atoms. The lowest BCUT2D eigenvalue weighted by Gasteiger charge is -2.13. The Morgan fingerprint density at radius 1 is 1.18 bits per heavy atom. The van der Waals surface area contributed by atoms with Gasteiger partial charge in [-0.3, -0.25) is 9.71 Å². The van der Waals surface area contributed by atoms with Gasteiger partial charge in [-0.2, -0.15) is 0 Å². The zero-order chi connectivity index (χ0) is 23.0. The second-order valence-corrected chi connectivity index (χ2v) is 9.74. The van der Waals surface area contributed by atoms with Crippen molar-refractivity contribution < 1.29 is 13.2 Å². The first-order valence-corrected chi connectivity index (χ1v) is 12.2. The van der Waals surface area contributed by atoms with Crippen molar-refractivity contribution in [2.24, 2.45) is 0 Å². The molecule has 1 aliphatic rings. The van der Waals surface area contributed by atoms with Crippen molar-refractivity contribution in [1.29, 1.82) is 0 Å². The van der Waals surface area contributed by atoms with E-state index in [2.05, 4.69) is 30.4 Å². The summed E-state index contributed by atoms with van der Waals surface area (Å²) in [5.74, 6) is 0.796. The highest BCUT2D eigenvalue weighted by molar-refractivity contribution is 7.92. The van der Waals surface area contributed by atoms with Crippen LogP contribution in [0.4, 0.5) is 11.5 Å². The normalized spacial score (nSPS) is 14.6. The van der Waals surface area contributed by atoms with E-state index in [1.54, 1.807) is 18.2 Å². The summed E-state index contributed by atoms with van der Waals surface area (Å²) < 4.78 is 35.8. The van der Waals surface area contributed by atoms with Crippen LogP contribution < -0.4 is 15.2 Å². The van der Waals surface area contributed by atoms with Crippen LogP contribution in [0, 0.1) is 0 Å². The standard InChI is InChI=1S/C23H24N6O3S/c1-32-20-11-15(8-9-19(20)28-33(30,31)17-7-4-10-25-12-17)18-13-29(16-5-2-3-6-16)23-21(18)22(24)26-14-27-23/h4,7-14,16,28H,2-3,5-6H2,1H3,(H2,24,26,27). The fourth-order valence-corrected chi connectivity index (χ4v) is 5.47. The Morgan fingerprint density at radius 3 is 2.73 bits per heavy atom. The molecule has 3 aromatic heterocycles. The molecule has 0 unspecified atom stereocenters. The number of anilines is 2. The first-order chi connectivity index (χ1) is 16.0. The molecule has 1 aliphatic carbocycles. The Hall–Kier alpha value is -3.66. The lowest BCUT2D eigenvalue weighted by atomic mass is 10.1. The van der Waals surface area contributed by atoms with Crippen LogP contribution in [0.1, 0.15) is 31.7 Å². The fraction of sp³-hybridized carbons (Fsp3) is 0.261. The lowest BCUT2D eigenvalue weighted by molar-refractivity contribution is 0.417. The Labute approximate surface area is 191 Å². The van der Waals surface area contributed by atoms with Gasteiger partial charge in [0.1, 0.15) is 28.4 Å². The van der Waals surface area contributed by atoms with Crippen molar-refractivity contribution >= 4 is 32.6 Å². The van der Waals surface area contributed by atoms with E-state index in [0.717, 1.165) is 35.0 Å². The molecule has 0 radical (unpaired) electrons. The molecule has 0 amide bonds. The van der Waals surface area contributed by atoms with Gasteiger partial charge in [-0.05, 0) is 42.7 Å². The minimum absolute atomic E-state index is 0.0701. The topological polar surface area (TPSA) is 125 Å². The highest BCUT2D eigenvalue weighted by atomic mass is 32.2. The van der Waals surface area contributed by atoms with Crippen LogP contribution in [0.5, 0.6) is 5.75 Å². The molecule has 3 N–H and O–H groups in total. The molecule has 1 saturated carbocycles. The number of fused-ring (bicyclic) bond motifs is 1. The first-order valence-electron chi connectivity index (χ1n) is 10.7. The third-order valence-corrected chi connectivity index (χ3v) is 7.41. The summed E-state index contributed by atoms with van der Waals surface area (Å²) in [7, 11) is -2.31. The maximum Gasteiger partial charge on any atom is 0.263 e. The quantitative estimate of drug-likeness (QED) is 0.442. The van der Waals surface area contributed by atoms with Crippen LogP contribution in [0.25, 0.3) is 22.2 Å². The number of nitrogens with one attached hydrogen (secondary N) is 1. The number of hydrogen-bond donors (Lipinski definition) is 2. The largest absolute Gasteiger partial charge is 0.495 e. The van der Waals surface area contributed by atoms with Crippen LogP contribution in [0.2, 0.25) is 0 Å². The highest BCUT2D eigenvalue weighted by Crippen LogP contribution is 2.40. The molecule has 33 heavy (non-hydrogen) atoms. The Balaban J connectivity index is 1.57. The molecule has 3 heterocycles. The molecular formula is C23H24N6O3S. The van der Waals surface area contributed by atoms with Gasteiger partial charge < -0.3 is 15.0 Å². The van der Waals surface area contributed by atoms with E-state index < -0.39 is 10.0 Å². The molecule has 4 aromatic rings. The Morgan fingerprint density at radius 2 is 2.00 bits per heavy atom. The molecular weight excluding hydrogens is 440 g/mol. The van der Waals surface area contributed by atoms with Crippen LogP contribution in [0.3, 0.4) is 0 Å².